The maximum atomic E-state index is 12.1. The number of aromatic nitrogens is 1. The molecular weight excluding hydrogens is 350 g/mol. The molecule has 1 fully saturated rings. The van der Waals surface area contributed by atoms with Gasteiger partial charge >= 0.3 is 0 Å². The van der Waals surface area contributed by atoms with Gasteiger partial charge in [0.05, 0.1) is 13.2 Å². The van der Waals surface area contributed by atoms with Crippen LogP contribution in [-0.2, 0) is 4.74 Å². The minimum atomic E-state index is -1.63. The Balaban J connectivity index is 1.51. The second-order valence-electron chi connectivity index (χ2n) is 6.39. The molecule has 27 heavy (non-hydrogen) atoms. The van der Waals surface area contributed by atoms with E-state index in [4.69, 9.17) is 4.74 Å². The fourth-order valence-corrected chi connectivity index (χ4v) is 2.82. The fourth-order valence-electron chi connectivity index (χ4n) is 2.82. The number of amides is 2. The molecule has 4 N–H and O–H groups in total. The molecule has 1 aliphatic rings. The van der Waals surface area contributed by atoms with Gasteiger partial charge in [-0.2, -0.15) is 0 Å². The van der Waals surface area contributed by atoms with E-state index in [1.165, 1.54) is 12.4 Å². The number of nitrogens with zero attached hydrogens (tertiary/aromatic N) is 1. The van der Waals surface area contributed by atoms with Crippen LogP contribution in [0.3, 0.4) is 0 Å². The average molecular weight is 371 g/mol. The molecule has 3 atom stereocenters. The lowest BCUT2D eigenvalue weighted by atomic mass is 9.96. The van der Waals surface area contributed by atoms with Crippen molar-refractivity contribution >= 4 is 11.8 Å². The third kappa shape index (κ3) is 4.48. The highest BCUT2D eigenvalue weighted by Gasteiger charge is 2.48. The zero-order valence-corrected chi connectivity index (χ0v) is 14.5. The summed E-state index contributed by atoms with van der Waals surface area (Å²) in [6.07, 6.45) is 0.967. The van der Waals surface area contributed by atoms with Gasteiger partial charge in [0.1, 0.15) is 17.8 Å². The van der Waals surface area contributed by atoms with Crippen LogP contribution in [0.25, 0.3) is 0 Å². The molecule has 0 bridgehead atoms. The standard InChI is InChI=1S/C19H21N3O5/c23-16-15(10-21-17(24)14-6-8-20-9-7-14)27-12-19(16,26)11-22-18(25)13-4-2-1-3-5-13/h1-9,15-16,23,26H,10-12H2,(H,21,24)(H,22,25)/t15-,16-,19+/m1/s1. The van der Waals surface area contributed by atoms with Crippen molar-refractivity contribution in [1.29, 1.82) is 0 Å². The second-order valence-corrected chi connectivity index (χ2v) is 6.39. The predicted octanol–water partition coefficient (Wildman–Crippen LogP) is -0.268. The quantitative estimate of drug-likeness (QED) is 0.555. The van der Waals surface area contributed by atoms with Crippen molar-refractivity contribution in [3.8, 4) is 0 Å². The molecule has 8 heteroatoms. The van der Waals surface area contributed by atoms with Crippen molar-refractivity contribution < 1.29 is 24.5 Å². The molecule has 8 nitrogen and oxygen atoms in total. The maximum absolute atomic E-state index is 12.1. The molecular formula is C19H21N3O5. The first-order valence-corrected chi connectivity index (χ1v) is 8.53. The van der Waals surface area contributed by atoms with Crippen LogP contribution in [0.2, 0.25) is 0 Å². The SMILES string of the molecule is O=C(NC[C@H]1OC[C@@](O)(CNC(=O)c2ccccc2)[C@@H]1O)c1ccncc1. The summed E-state index contributed by atoms with van der Waals surface area (Å²) >= 11 is 0. The van der Waals surface area contributed by atoms with Gasteiger partial charge in [0.15, 0.2) is 0 Å². The summed E-state index contributed by atoms with van der Waals surface area (Å²) in [5.41, 5.74) is -0.741. The van der Waals surface area contributed by atoms with Crippen molar-refractivity contribution in [1.82, 2.24) is 15.6 Å². The molecule has 1 aromatic heterocycles. The number of hydrogen-bond donors (Lipinski definition) is 4. The number of carbonyl (C=O) groups excluding carboxylic acids is 2. The van der Waals surface area contributed by atoms with Crippen LogP contribution in [0.1, 0.15) is 20.7 Å². The lowest BCUT2D eigenvalue weighted by molar-refractivity contribution is -0.0464. The number of benzene rings is 1. The Kier molecular flexibility index (Phi) is 5.80. The molecule has 0 unspecified atom stereocenters. The summed E-state index contributed by atoms with van der Waals surface area (Å²) in [6.45, 7) is -0.299. The van der Waals surface area contributed by atoms with Gasteiger partial charge in [-0.15, -0.1) is 0 Å². The minimum Gasteiger partial charge on any atom is -0.387 e. The van der Waals surface area contributed by atoms with E-state index in [1.54, 1.807) is 42.5 Å². The molecule has 1 aromatic carbocycles. The number of hydrogen-bond acceptors (Lipinski definition) is 6. The third-order valence-corrected chi connectivity index (χ3v) is 4.45. The summed E-state index contributed by atoms with van der Waals surface area (Å²) in [6, 6.07) is 11.7. The number of ether oxygens (including phenoxy) is 1. The van der Waals surface area contributed by atoms with E-state index in [2.05, 4.69) is 15.6 Å². The molecule has 0 radical (unpaired) electrons. The Bertz CT molecular complexity index is 786. The highest BCUT2D eigenvalue weighted by Crippen LogP contribution is 2.24. The molecule has 3 rings (SSSR count). The van der Waals surface area contributed by atoms with Crippen molar-refractivity contribution in [3.63, 3.8) is 0 Å². The summed E-state index contributed by atoms with van der Waals surface area (Å²) in [7, 11) is 0. The lowest BCUT2D eigenvalue weighted by Crippen LogP contribution is -2.53. The third-order valence-electron chi connectivity index (χ3n) is 4.45. The van der Waals surface area contributed by atoms with Crippen molar-refractivity contribution in [2.75, 3.05) is 19.7 Å². The Hall–Kier alpha value is -2.81. The minimum absolute atomic E-state index is 0.0251. The average Bonchev–Trinajstić information content (AvgIpc) is 3.00. The van der Waals surface area contributed by atoms with Gasteiger partial charge in [-0.05, 0) is 24.3 Å². The molecule has 0 aliphatic carbocycles. The van der Waals surface area contributed by atoms with Crippen LogP contribution >= 0.6 is 0 Å². The van der Waals surface area contributed by atoms with E-state index in [1.807, 2.05) is 0 Å². The first-order valence-electron chi connectivity index (χ1n) is 8.53. The van der Waals surface area contributed by atoms with Crippen LogP contribution in [0, 0.1) is 0 Å². The first-order chi connectivity index (χ1) is 13.0. The van der Waals surface area contributed by atoms with Gasteiger partial charge in [-0.1, -0.05) is 18.2 Å². The van der Waals surface area contributed by atoms with Gasteiger partial charge < -0.3 is 25.6 Å². The molecule has 2 amide bonds. The second kappa shape index (κ2) is 8.26. The number of aliphatic hydroxyl groups is 2. The van der Waals surface area contributed by atoms with Crippen LogP contribution in [0.5, 0.6) is 0 Å². The molecule has 2 aromatic rings. The van der Waals surface area contributed by atoms with Crippen LogP contribution in [0.15, 0.2) is 54.9 Å². The highest BCUT2D eigenvalue weighted by atomic mass is 16.5. The number of nitrogens with one attached hydrogen (secondary N) is 2. The Morgan fingerprint density at radius 3 is 2.41 bits per heavy atom. The lowest BCUT2D eigenvalue weighted by Gasteiger charge is -2.26. The monoisotopic (exact) mass is 371 g/mol. The van der Waals surface area contributed by atoms with Crippen molar-refractivity contribution in [3.05, 3.63) is 66.0 Å². The van der Waals surface area contributed by atoms with Gasteiger partial charge in [-0.3, -0.25) is 14.6 Å². The molecule has 1 aliphatic heterocycles. The summed E-state index contributed by atoms with van der Waals surface area (Å²) in [4.78, 5) is 28.0. The largest absolute Gasteiger partial charge is 0.387 e. The molecule has 2 heterocycles. The normalized spacial score (nSPS) is 24.4. The number of aliphatic hydroxyl groups excluding tert-OH is 1. The maximum Gasteiger partial charge on any atom is 0.251 e. The van der Waals surface area contributed by atoms with Crippen LogP contribution in [0.4, 0.5) is 0 Å². The topological polar surface area (TPSA) is 121 Å². The molecule has 142 valence electrons. The first kappa shape index (κ1) is 19.0. The molecule has 0 spiro atoms. The van der Waals surface area contributed by atoms with Gasteiger partial charge in [0, 0.05) is 30.1 Å². The van der Waals surface area contributed by atoms with E-state index in [-0.39, 0.29) is 31.5 Å². The van der Waals surface area contributed by atoms with E-state index >= 15 is 0 Å². The van der Waals surface area contributed by atoms with E-state index < -0.39 is 17.8 Å². The smallest absolute Gasteiger partial charge is 0.251 e. The number of pyridine rings is 1. The summed E-state index contributed by atoms with van der Waals surface area (Å²) < 4.78 is 5.43. The summed E-state index contributed by atoms with van der Waals surface area (Å²) in [5, 5.41) is 26.2. The fraction of sp³-hybridized carbons (Fsp3) is 0.316. The van der Waals surface area contributed by atoms with E-state index in [0.717, 1.165) is 0 Å². The van der Waals surface area contributed by atoms with Gasteiger partial charge in [0.25, 0.3) is 11.8 Å². The van der Waals surface area contributed by atoms with E-state index in [0.29, 0.717) is 11.1 Å². The van der Waals surface area contributed by atoms with Gasteiger partial charge in [0.2, 0.25) is 0 Å². The zero-order chi connectivity index (χ0) is 19.3. The van der Waals surface area contributed by atoms with Crippen molar-refractivity contribution in [2.45, 2.75) is 17.8 Å². The summed E-state index contributed by atoms with van der Waals surface area (Å²) in [5.74, 6) is -0.688. The molecule has 1 saturated heterocycles. The Morgan fingerprint density at radius 2 is 1.70 bits per heavy atom. The number of carbonyl (C=O) groups is 2. The van der Waals surface area contributed by atoms with E-state index in [9.17, 15) is 19.8 Å². The molecule has 0 saturated carbocycles. The predicted molar refractivity (Wildman–Crippen MR) is 96.0 cm³/mol. The highest BCUT2D eigenvalue weighted by molar-refractivity contribution is 5.94. The van der Waals surface area contributed by atoms with Crippen LogP contribution in [-0.4, -0.2) is 64.5 Å². The Labute approximate surface area is 156 Å². The number of rotatable bonds is 6. The van der Waals surface area contributed by atoms with Crippen LogP contribution < -0.4 is 10.6 Å². The van der Waals surface area contributed by atoms with Gasteiger partial charge in [-0.25, -0.2) is 0 Å². The Morgan fingerprint density at radius 1 is 1.07 bits per heavy atom. The van der Waals surface area contributed by atoms with Crippen molar-refractivity contribution in [2.24, 2.45) is 0 Å². The zero-order valence-electron chi connectivity index (χ0n) is 14.5.